The quantitative estimate of drug-likeness (QED) is 0.867. The third-order valence-corrected chi connectivity index (χ3v) is 4.43. The number of rotatable bonds is 6. The van der Waals surface area contributed by atoms with Gasteiger partial charge in [0.05, 0.1) is 6.10 Å². The van der Waals surface area contributed by atoms with Gasteiger partial charge in [0, 0.05) is 18.6 Å². The second kappa shape index (κ2) is 6.84. The van der Waals surface area contributed by atoms with Crippen LogP contribution in [0.1, 0.15) is 32.8 Å². The first-order valence-electron chi connectivity index (χ1n) is 7.70. The monoisotopic (exact) mass is 297 g/mol. The predicted molar refractivity (Wildman–Crippen MR) is 80.2 cm³/mol. The van der Waals surface area contributed by atoms with E-state index in [0.29, 0.717) is 24.5 Å². The van der Waals surface area contributed by atoms with Gasteiger partial charge in [-0.3, -0.25) is 0 Å². The van der Waals surface area contributed by atoms with Crippen LogP contribution in [0, 0.1) is 23.0 Å². The van der Waals surface area contributed by atoms with Gasteiger partial charge < -0.3 is 10.1 Å². The molecule has 1 fully saturated rings. The van der Waals surface area contributed by atoms with E-state index in [9.17, 15) is 8.78 Å². The fourth-order valence-corrected chi connectivity index (χ4v) is 3.02. The number of benzene rings is 1. The van der Waals surface area contributed by atoms with Crippen LogP contribution in [-0.2, 0) is 11.2 Å². The number of nitrogens with one attached hydrogen (secondary N) is 1. The Kier molecular flexibility index (Phi) is 5.33. The van der Waals surface area contributed by atoms with Gasteiger partial charge in [0.2, 0.25) is 0 Å². The standard InChI is InChI=1S/C17H25F2NO/c1-12(2)10-20-11-17(7-8-21-13(17)3)9-14-5-4-6-15(18)16(14)19/h4-6,12-13,20H,7-11H2,1-3H3. The molecule has 1 saturated heterocycles. The molecule has 0 aliphatic carbocycles. The lowest BCUT2D eigenvalue weighted by Crippen LogP contribution is -2.42. The highest BCUT2D eigenvalue weighted by Crippen LogP contribution is 2.38. The average molecular weight is 297 g/mol. The lowest BCUT2D eigenvalue weighted by Gasteiger charge is -2.33. The van der Waals surface area contributed by atoms with Gasteiger partial charge in [0.25, 0.3) is 0 Å². The summed E-state index contributed by atoms with van der Waals surface area (Å²) < 4.78 is 33.1. The highest BCUT2D eigenvalue weighted by molar-refractivity contribution is 5.21. The summed E-state index contributed by atoms with van der Waals surface area (Å²) in [6.45, 7) is 8.70. The summed E-state index contributed by atoms with van der Waals surface area (Å²) in [6.07, 6.45) is 1.41. The van der Waals surface area contributed by atoms with Crippen LogP contribution in [0.4, 0.5) is 8.78 Å². The molecular weight excluding hydrogens is 272 g/mol. The van der Waals surface area contributed by atoms with Gasteiger partial charge in [-0.2, -0.15) is 0 Å². The minimum atomic E-state index is -0.774. The molecule has 21 heavy (non-hydrogen) atoms. The van der Waals surface area contributed by atoms with Gasteiger partial charge in [0.1, 0.15) is 0 Å². The molecule has 2 nitrogen and oxygen atoms in total. The molecule has 0 amide bonds. The van der Waals surface area contributed by atoms with Crippen molar-refractivity contribution in [3.05, 3.63) is 35.4 Å². The second-order valence-corrected chi connectivity index (χ2v) is 6.54. The third kappa shape index (κ3) is 3.80. The Labute approximate surface area is 125 Å². The molecule has 0 aromatic heterocycles. The molecule has 0 spiro atoms. The highest BCUT2D eigenvalue weighted by Gasteiger charge is 2.41. The van der Waals surface area contributed by atoms with Gasteiger partial charge in [-0.25, -0.2) is 8.78 Å². The van der Waals surface area contributed by atoms with Crippen molar-refractivity contribution in [1.29, 1.82) is 0 Å². The first-order valence-corrected chi connectivity index (χ1v) is 7.70. The maximum Gasteiger partial charge on any atom is 0.162 e. The molecule has 1 aliphatic heterocycles. The van der Waals surface area contributed by atoms with Crippen molar-refractivity contribution < 1.29 is 13.5 Å². The van der Waals surface area contributed by atoms with E-state index in [1.165, 1.54) is 0 Å². The van der Waals surface area contributed by atoms with Gasteiger partial charge in [-0.1, -0.05) is 26.0 Å². The van der Waals surface area contributed by atoms with E-state index in [4.69, 9.17) is 4.74 Å². The summed E-state index contributed by atoms with van der Waals surface area (Å²) in [5.41, 5.74) is 0.280. The second-order valence-electron chi connectivity index (χ2n) is 6.54. The first kappa shape index (κ1) is 16.4. The van der Waals surface area contributed by atoms with E-state index in [2.05, 4.69) is 19.2 Å². The van der Waals surface area contributed by atoms with Crippen LogP contribution in [-0.4, -0.2) is 25.8 Å². The van der Waals surface area contributed by atoms with Crippen molar-refractivity contribution in [2.24, 2.45) is 11.3 Å². The van der Waals surface area contributed by atoms with E-state index < -0.39 is 11.6 Å². The van der Waals surface area contributed by atoms with Crippen LogP contribution < -0.4 is 5.32 Å². The largest absolute Gasteiger partial charge is 0.378 e. The van der Waals surface area contributed by atoms with Crippen LogP contribution in [0.2, 0.25) is 0 Å². The molecule has 0 saturated carbocycles. The zero-order chi connectivity index (χ0) is 15.5. The molecule has 1 aromatic rings. The van der Waals surface area contributed by atoms with E-state index >= 15 is 0 Å². The lowest BCUT2D eigenvalue weighted by molar-refractivity contribution is 0.0622. The Bertz CT molecular complexity index is 478. The Balaban J connectivity index is 2.15. The summed E-state index contributed by atoms with van der Waals surface area (Å²) in [5.74, 6) is -0.935. The number of ether oxygens (including phenoxy) is 1. The summed E-state index contributed by atoms with van der Waals surface area (Å²) in [7, 11) is 0. The smallest absolute Gasteiger partial charge is 0.162 e. The zero-order valence-corrected chi connectivity index (χ0v) is 13.1. The fourth-order valence-electron chi connectivity index (χ4n) is 3.02. The first-order chi connectivity index (χ1) is 9.94. The molecular formula is C17H25F2NO. The Hall–Kier alpha value is -1.00. The zero-order valence-electron chi connectivity index (χ0n) is 13.1. The van der Waals surface area contributed by atoms with Crippen molar-refractivity contribution in [2.75, 3.05) is 19.7 Å². The molecule has 0 bridgehead atoms. The van der Waals surface area contributed by atoms with Crippen LogP contribution in [0.25, 0.3) is 0 Å². The topological polar surface area (TPSA) is 21.3 Å². The molecule has 1 N–H and O–H groups in total. The van der Waals surface area contributed by atoms with Crippen LogP contribution in [0.15, 0.2) is 18.2 Å². The molecule has 1 aliphatic rings. The summed E-state index contributed by atoms with van der Waals surface area (Å²) in [4.78, 5) is 0. The Morgan fingerprint density at radius 1 is 1.38 bits per heavy atom. The highest BCUT2D eigenvalue weighted by atomic mass is 19.2. The fraction of sp³-hybridized carbons (Fsp3) is 0.647. The van der Waals surface area contributed by atoms with Gasteiger partial charge in [-0.05, 0) is 43.9 Å². The number of halogens is 2. The molecule has 2 unspecified atom stereocenters. The maximum atomic E-state index is 14.0. The van der Waals surface area contributed by atoms with Gasteiger partial charge >= 0.3 is 0 Å². The number of hydrogen-bond acceptors (Lipinski definition) is 2. The van der Waals surface area contributed by atoms with E-state index in [-0.39, 0.29) is 11.5 Å². The van der Waals surface area contributed by atoms with E-state index in [1.807, 2.05) is 6.92 Å². The molecule has 4 heteroatoms. The van der Waals surface area contributed by atoms with Crippen LogP contribution >= 0.6 is 0 Å². The van der Waals surface area contributed by atoms with Crippen molar-refractivity contribution in [1.82, 2.24) is 5.32 Å². The summed E-state index contributed by atoms with van der Waals surface area (Å²) >= 11 is 0. The van der Waals surface area contributed by atoms with Gasteiger partial charge in [-0.15, -0.1) is 0 Å². The van der Waals surface area contributed by atoms with E-state index in [0.717, 1.165) is 25.6 Å². The number of hydrogen-bond donors (Lipinski definition) is 1. The molecule has 0 radical (unpaired) electrons. The minimum Gasteiger partial charge on any atom is -0.378 e. The predicted octanol–water partition coefficient (Wildman–Crippen LogP) is 3.55. The normalized spacial score (nSPS) is 25.7. The van der Waals surface area contributed by atoms with Crippen molar-refractivity contribution in [3.63, 3.8) is 0 Å². The maximum absolute atomic E-state index is 14.0. The molecule has 2 atom stereocenters. The van der Waals surface area contributed by atoms with E-state index in [1.54, 1.807) is 12.1 Å². The van der Waals surface area contributed by atoms with Crippen LogP contribution in [0.5, 0.6) is 0 Å². The SMILES string of the molecule is CC(C)CNCC1(Cc2cccc(F)c2F)CCOC1C. The lowest BCUT2D eigenvalue weighted by atomic mass is 9.76. The molecule has 1 aromatic carbocycles. The minimum absolute atomic E-state index is 0.0415. The Morgan fingerprint density at radius 3 is 2.76 bits per heavy atom. The van der Waals surface area contributed by atoms with Crippen LogP contribution in [0.3, 0.4) is 0 Å². The third-order valence-electron chi connectivity index (χ3n) is 4.43. The molecule has 118 valence electrons. The van der Waals surface area contributed by atoms with Crippen molar-refractivity contribution >= 4 is 0 Å². The summed E-state index contributed by atoms with van der Waals surface area (Å²) in [6, 6.07) is 4.41. The van der Waals surface area contributed by atoms with Crippen molar-refractivity contribution in [3.8, 4) is 0 Å². The molecule has 1 heterocycles. The summed E-state index contributed by atoms with van der Waals surface area (Å²) in [5, 5.41) is 3.46. The Morgan fingerprint density at radius 2 is 2.14 bits per heavy atom. The average Bonchev–Trinajstić information content (AvgIpc) is 2.76. The van der Waals surface area contributed by atoms with Gasteiger partial charge in [0.15, 0.2) is 11.6 Å². The van der Waals surface area contributed by atoms with Crippen molar-refractivity contribution in [2.45, 2.75) is 39.7 Å². The molecule has 2 rings (SSSR count).